The van der Waals surface area contributed by atoms with E-state index in [4.69, 9.17) is 9.47 Å². The van der Waals surface area contributed by atoms with Gasteiger partial charge in [-0.2, -0.15) is 0 Å². The van der Waals surface area contributed by atoms with Gasteiger partial charge in [0, 0.05) is 18.7 Å². The molecule has 3 aromatic rings. The molecule has 3 rings (SSSR count). The van der Waals surface area contributed by atoms with Crippen molar-refractivity contribution in [2.75, 3.05) is 13.7 Å². The molecule has 1 aromatic heterocycles. The Morgan fingerprint density at radius 3 is 2.45 bits per heavy atom. The lowest BCUT2D eigenvalue weighted by Gasteiger charge is -2.13. The maximum absolute atomic E-state index is 12.7. The first-order chi connectivity index (χ1) is 15.0. The maximum atomic E-state index is 12.7. The van der Waals surface area contributed by atoms with E-state index in [1.165, 1.54) is 11.7 Å². The van der Waals surface area contributed by atoms with E-state index in [-0.39, 0.29) is 13.1 Å². The zero-order chi connectivity index (χ0) is 22.4. The highest BCUT2D eigenvalue weighted by molar-refractivity contribution is 5.82. The van der Waals surface area contributed by atoms with Gasteiger partial charge in [-0.25, -0.2) is 4.79 Å². The van der Waals surface area contributed by atoms with Crippen molar-refractivity contribution < 1.29 is 19.1 Å². The number of methoxy groups -OCH3 is 1. The lowest BCUT2D eigenvalue weighted by atomic mass is 10.2. The van der Waals surface area contributed by atoms with Gasteiger partial charge in [0.25, 0.3) is 11.5 Å². The highest BCUT2D eigenvalue weighted by Crippen LogP contribution is 2.16. The van der Waals surface area contributed by atoms with Crippen LogP contribution in [0.2, 0.25) is 0 Å². The van der Waals surface area contributed by atoms with Gasteiger partial charge in [-0.15, -0.1) is 0 Å². The molecule has 0 atom stereocenters. The normalized spacial score (nSPS) is 10.6. The Morgan fingerprint density at radius 1 is 1.00 bits per heavy atom. The van der Waals surface area contributed by atoms with Crippen LogP contribution < -0.4 is 21.3 Å². The highest BCUT2D eigenvalue weighted by Gasteiger charge is 2.16. The summed E-state index contributed by atoms with van der Waals surface area (Å²) in [6, 6.07) is 13.8. The fraction of sp³-hybridized carbons (Fsp3) is 0.273. The van der Waals surface area contributed by atoms with Crippen molar-refractivity contribution in [3.05, 3.63) is 74.9 Å². The molecule has 1 heterocycles. The molecular weight excluding hydrogens is 402 g/mol. The molecule has 1 amide bonds. The van der Waals surface area contributed by atoms with Crippen molar-refractivity contribution in [2.24, 2.45) is 0 Å². The molecule has 0 bridgehead atoms. The van der Waals surface area contributed by atoms with Gasteiger partial charge >= 0.3 is 11.7 Å². The summed E-state index contributed by atoms with van der Waals surface area (Å²) in [5, 5.41) is 2.97. The number of carbonyl (C=O) groups is 2. The van der Waals surface area contributed by atoms with E-state index in [1.807, 2.05) is 18.2 Å². The third-order valence-electron chi connectivity index (χ3n) is 4.77. The minimum Gasteiger partial charge on any atom is -0.496 e. The summed E-state index contributed by atoms with van der Waals surface area (Å²) in [5.41, 5.74) is 0.0940. The third-order valence-corrected chi connectivity index (χ3v) is 4.77. The zero-order valence-corrected chi connectivity index (χ0v) is 17.3. The van der Waals surface area contributed by atoms with Gasteiger partial charge in [0.2, 0.25) is 0 Å². The lowest BCUT2D eigenvalue weighted by molar-refractivity contribution is -0.149. The molecule has 0 fully saturated rings. The Balaban J connectivity index is 1.66. The number of fused-ring (bicyclic) bond motifs is 1. The quantitative estimate of drug-likeness (QED) is 0.541. The topological polar surface area (TPSA) is 109 Å². The van der Waals surface area contributed by atoms with Crippen LogP contribution in [0.4, 0.5) is 0 Å². The van der Waals surface area contributed by atoms with Crippen molar-refractivity contribution in [2.45, 2.75) is 26.6 Å². The second-order valence-corrected chi connectivity index (χ2v) is 6.68. The minimum atomic E-state index is -0.763. The van der Waals surface area contributed by atoms with E-state index < -0.39 is 36.3 Å². The van der Waals surface area contributed by atoms with Crippen LogP contribution in [0.15, 0.2) is 58.1 Å². The van der Waals surface area contributed by atoms with Gasteiger partial charge in [-0.3, -0.25) is 23.5 Å². The average Bonchev–Trinajstić information content (AvgIpc) is 2.79. The second-order valence-electron chi connectivity index (χ2n) is 6.68. The predicted molar refractivity (Wildman–Crippen MR) is 114 cm³/mol. The Hall–Kier alpha value is -3.88. The number of amides is 1. The van der Waals surface area contributed by atoms with Gasteiger partial charge < -0.3 is 14.8 Å². The van der Waals surface area contributed by atoms with Gasteiger partial charge in [-0.05, 0) is 25.1 Å². The molecule has 162 valence electrons. The smallest absolute Gasteiger partial charge is 0.332 e. The van der Waals surface area contributed by atoms with Gasteiger partial charge in [0.15, 0.2) is 6.61 Å². The summed E-state index contributed by atoms with van der Waals surface area (Å²) in [7, 11) is 1.54. The number of ether oxygens (including phenoxy) is 2. The third kappa shape index (κ3) is 4.82. The molecule has 0 unspecified atom stereocenters. The Bertz CT molecular complexity index is 1230. The number of nitrogens with one attached hydrogen (secondary N) is 1. The predicted octanol–water partition coefficient (Wildman–Crippen LogP) is 1.05. The minimum absolute atomic E-state index is 0.170. The Labute approximate surface area is 177 Å². The fourth-order valence-electron chi connectivity index (χ4n) is 3.22. The maximum Gasteiger partial charge on any atom is 0.332 e. The van der Waals surface area contributed by atoms with Crippen LogP contribution in [0.25, 0.3) is 10.9 Å². The number of carbonyl (C=O) groups excluding carboxylic acids is 2. The molecule has 0 aliphatic carbocycles. The van der Waals surface area contributed by atoms with Crippen LogP contribution in [-0.4, -0.2) is 34.7 Å². The number of hydrogen-bond acceptors (Lipinski definition) is 6. The van der Waals surface area contributed by atoms with Crippen LogP contribution in [0.5, 0.6) is 5.75 Å². The van der Waals surface area contributed by atoms with Gasteiger partial charge in [-0.1, -0.05) is 30.3 Å². The Morgan fingerprint density at radius 2 is 1.71 bits per heavy atom. The molecule has 0 spiro atoms. The number of rotatable bonds is 8. The Kier molecular flexibility index (Phi) is 6.86. The van der Waals surface area contributed by atoms with Crippen LogP contribution in [0.1, 0.15) is 12.5 Å². The number of esters is 1. The van der Waals surface area contributed by atoms with Crippen LogP contribution >= 0.6 is 0 Å². The summed E-state index contributed by atoms with van der Waals surface area (Å²) in [6.07, 6.45) is 0. The number of aromatic nitrogens is 2. The van der Waals surface area contributed by atoms with Crippen LogP contribution in [0.3, 0.4) is 0 Å². The number of para-hydroxylation sites is 2. The lowest BCUT2D eigenvalue weighted by Crippen LogP contribution is -2.41. The van der Waals surface area contributed by atoms with E-state index >= 15 is 0 Å². The summed E-state index contributed by atoms with van der Waals surface area (Å²) in [4.78, 5) is 49.5. The van der Waals surface area contributed by atoms with Crippen molar-refractivity contribution >= 4 is 22.8 Å². The van der Waals surface area contributed by atoms with E-state index in [9.17, 15) is 19.2 Å². The van der Waals surface area contributed by atoms with Crippen molar-refractivity contribution in [1.82, 2.24) is 14.5 Å². The molecule has 0 saturated heterocycles. The number of benzene rings is 2. The first-order valence-corrected chi connectivity index (χ1v) is 9.72. The zero-order valence-electron chi connectivity index (χ0n) is 17.3. The monoisotopic (exact) mass is 425 g/mol. The first-order valence-electron chi connectivity index (χ1n) is 9.72. The molecule has 0 radical (unpaired) electrons. The SMILES string of the molecule is CCn1c(=O)c2ccccc2n(CC(=O)OCC(=O)NCc2ccccc2OC)c1=O. The van der Waals surface area contributed by atoms with Crippen molar-refractivity contribution in [3.63, 3.8) is 0 Å². The van der Waals surface area contributed by atoms with Crippen LogP contribution in [-0.2, 0) is 34.0 Å². The first kappa shape index (κ1) is 21.8. The average molecular weight is 425 g/mol. The molecule has 0 aliphatic rings. The summed E-state index contributed by atoms with van der Waals surface area (Å²) < 4.78 is 12.5. The fourth-order valence-corrected chi connectivity index (χ4v) is 3.22. The summed E-state index contributed by atoms with van der Waals surface area (Å²) in [6.45, 7) is 1.15. The van der Waals surface area contributed by atoms with Gasteiger partial charge in [0.05, 0.1) is 18.0 Å². The van der Waals surface area contributed by atoms with E-state index in [1.54, 1.807) is 37.3 Å². The second kappa shape index (κ2) is 9.75. The molecule has 0 aliphatic heterocycles. The summed E-state index contributed by atoms with van der Waals surface area (Å²) >= 11 is 0. The molecule has 2 aromatic carbocycles. The highest BCUT2D eigenvalue weighted by atomic mass is 16.5. The van der Waals surface area contributed by atoms with Gasteiger partial charge in [0.1, 0.15) is 12.3 Å². The molecule has 9 heteroatoms. The summed E-state index contributed by atoms with van der Waals surface area (Å²) in [5.74, 6) is -0.618. The van der Waals surface area contributed by atoms with E-state index in [0.29, 0.717) is 16.7 Å². The van der Waals surface area contributed by atoms with E-state index in [0.717, 1.165) is 10.1 Å². The number of nitrogens with zero attached hydrogens (tertiary/aromatic N) is 2. The van der Waals surface area contributed by atoms with Crippen LogP contribution in [0, 0.1) is 0 Å². The standard InChI is InChI=1S/C22H23N3O6/c1-3-24-21(28)16-9-5-6-10-17(16)25(22(24)29)13-20(27)31-14-19(26)23-12-15-8-4-7-11-18(15)30-2/h4-11H,3,12-14H2,1-2H3,(H,23,26). The largest absolute Gasteiger partial charge is 0.496 e. The molecule has 1 N–H and O–H groups in total. The number of hydrogen-bond donors (Lipinski definition) is 1. The molecular formula is C22H23N3O6. The van der Waals surface area contributed by atoms with E-state index in [2.05, 4.69) is 5.32 Å². The molecule has 31 heavy (non-hydrogen) atoms. The molecule has 0 saturated carbocycles. The molecule has 9 nitrogen and oxygen atoms in total. The van der Waals surface area contributed by atoms with Crippen molar-refractivity contribution in [3.8, 4) is 5.75 Å². The van der Waals surface area contributed by atoms with Crippen molar-refractivity contribution in [1.29, 1.82) is 0 Å².